The molecule has 9 heteroatoms. The topological polar surface area (TPSA) is 103 Å². The van der Waals surface area contributed by atoms with Crippen LogP contribution >= 0.6 is 0 Å². The lowest BCUT2D eigenvalue weighted by Crippen LogP contribution is -2.45. The van der Waals surface area contributed by atoms with Crippen LogP contribution in [0.5, 0.6) is 11.5 Å². The van der Waals surface area contributed by atoms with Crippen LogP contribution in [0.25, 0.3) is 0 Å². The number of amides is 2. The molecule has 0 aliphatic carbocycles. The lowest BCUT2D eigenvalue weighted by atomic mass is 10.0. The molecule has 0 unspecified atom stereocenters. The van der Waals surface area contributed by atoms with Crippen LogP contribution in [-0.4, -0.2) is 44.7 Å². The minimum Gasteiger partial charge on any atom is -0.497 e. The minimum atomic E-state index is -0.989. The predicted octanol–water partition coefficient (Wildman–Crippen LogP) is 2.78. The second-order valence-electron chi connectivity index (χ2n) is 6.92. The first kappa shape index (κ1) is 23.7. The van der Waals surface area contributed by atoms with Gasteiger partial charge in [0.1, 0.15) is 23.4 Å². The van der Waals surface area contributed by atoms with Gasteiger partial charge in [-0.1, -0.05) is 13.8 Å². The van der Waals surface area contributed by atoms with Crippen LogP contribution < -0.4 is 20.1 Å². The standard InChI is InChI=1S/C22H25FN2O6/c1-13(2)20(25-21(27)14-5-7-15(23)8-6-14)22(28)31-12-19(26)24-17-11-16(29-3)9-10-18(17)30-4/h5-11,13,20H,12H2,1-4H3,(H,24,26)(H,25,27)/t20-/m0/s1. The molecule has 0 aliphatic heterocycles. The third kappa shape index (κ3) is 6.70. The summed E-state index contributed by atoms with van der Waals surface area (Å²) in [5.41, 5.74) is 0.552. The molecule has 0 aliphatic rings. The molecule has 2 aromatic carbocycles. The second-order valence-corrected chi connectivity index (χ2v) is 6.92. The first-order valence-electron chi connectivity index (χ1n) is 9.50. The lowest BCUT2D eigenvalue weighted by Gasteiger charge is -2.21. The molecule has 0 fully saturated rings. The maximum absolute atomic E-state index is 13.0. The number of halogens is 1. The Kier molecular flexibility index (Phi) is 8.36. The van der Waals surface area contributed by atoms with Crippen LogP contribution in [0.2, 0.25) is 0 Å². The van der Waals surface area contributed by atoms with Crippen molar-refractivity contribution in [3.63, 3.8) is 0 Å². The second kappa shape index (κ2) is 11.0. The highest BCUT2D eigenvalue weighted by Crippen LogP contribution is 2.28. The highest BCUT2D eigenvalue weighted by molar-refractivity contribution is 5.98. The monoisotopic (exact) mass is 432 g/mol. The molecule has 31 heavy (non-hydrogen) atoms. The molecule has 2 aromatic rings. The van der Waals surface area contributed by atoms with E-state index in [9.17, 15) is 18.8 Å². The molecule has 2 N–H and O–H groups in total. The van der Waals surface area contributed by atoms with Gasteiger partial charge in [0.15, 0.2) is 6.61 Å². The Hall–Kier alpha value is -3.62. The molecule has 0 spiro atoms. The first-order chi connectivity index (χ1) is 14.7. The van der Waals surface area contributed by atoms with E-state index >= 15 is 0 Å². The van der Waals surface area contributed by atoms with Crippen molar-refractivity contribution in [1.29, 1.82) is 0 Å². The Morgan fingerprint density at radius 3 is 2.26 bits per heavy atom. The van der Waals surface area contributed by atoms with Gasteiger partial charge in [-0.3, -0.25) is 9.59 Å². The number of anilines is 1. The van der Waals surface area contributed by atoms with E-state index in [4.69, 9.17) is 14.2 Å². The molecule has 0 radical (unpaired) electrons. The first-order valence-corrected chi connectivity index (χ1v) is 9.50. The van der Waals surface area contributed by atoms with Crippen molar-refractivity contribution in [2.75, 3.05) is 26.1 Å². The van der Waals surface area contributed by atoms with Crippen molar-refractivity contribution in [2.45, 2.75) is 19.9 Å². The molecular weight excluding hydrogens is 407 g/mol. The molecule has 0 heterocycles. The summed E-state index contributed by atoms with van der Waals surface area (Å²) in [5.74, 6) is -1.77. The molecule has 0 saturated heterocycles. The van der Waals surface area contributed by atoms with Crippen molar-refractivity contribution in [1.82, 2.24) is 5.32 Å². The smallest absolute Gasteiger partial charge is 0.329 e. The zero-order valence-electron chi connectivity index (χ0n) is 17.7. The summed E-state index contributed by atoms with van der Waals surface area (Å²) in [6, 6.07) is 8.79. The fourth-order valence-electron chi connectivity index (χ4n) is 2.65. The van der Waals surface area contributed by atoms with Crippen molar-refractivity contribution < 1.29 is 33.0 Å². The Morgan fingerprint density at radius 1 is 1.00 bits per heavy atom. The summed E-state index contributed by atoms with van der Waals surface area (Å²) >= 11 is 0. The third-order valence-electron chi connectivity index (χ3n) is 4.34. The highest BCUT2D eigenvalue weighted by atomic mass is 19.1. The quantitative estimate of drug-likeness (QED) is 0.591. The van der Waals surface area contributed by atoms with Gasteiger partial charge in [-0.25, -0.2) is 9.18 Å². The lowest BCUT2D eigenvalue weighted by molar-refractivity contribution is -0.150. The predicted molar refractivity (Wildman–Crippen MR) is 112 cm³/mol. The van der Waals surface area contributed by atoms with Gasteiger partial charge in [-0.2, -0.15) is 0 Å². The fourth-order valence-corrected chi connectivity index (χ4v) is 2.65. The van der Waals surface area contributed by atoms with Crippen LogP contribution in [0, 0.1) is 11.7 Å². The number of carbonyl (C=O) groups excluding carboxylic acids is 3. The summed E-state index contributed by atoms with van der Waals surface area (Å²) in [6.07, 6.45) is 0. The van der Waals surface area contributed by atoms with E-state index in [1.54, 1.807) is 32.0 Å². The van der Waals surface area contributed by atoms with Gasteiger partial charge < -0.3 is 24.8 Å². The third-order valence-corrected chi connectivity index (χ3v) is 4.34. The van der Waals surface area contributed by atoms with Crippen LogP contribution in [-0.2, 0) is 14.3 Å². The summed E-state index contributed by atoms with van der Waals surface area (Å²) in [7, 11) is 2.94. The normalized spacial score (nSPS) is 11.4. The molecular formula is C22H25FN2O6. The van der Waals surface area contributed by atoms with E-state index < -0.39 is 36.2 Å². The van der Waals surface area contributed by atoms with Crippen molar-refractivity contribution >= 4 is 23.5 Å². The average molecular weight is 432 g/mol. The minimum absolute atomic E-state index is 0.197. The molecule has 8 nitrogen and oxygen atoms in total. The summed E-state index contributed by atoms with van der Waals surface area (Å²) in [6.45, 7) is 2.88. The van der Waals surface area contributed by atoms with E-state index in [0.717, 1.165) is 12.1 Å². The van der Waals surface area contributed by atoms with Gasteiger partial charge in [0.25, 0.3) is 11.8 Å². The fraction of sp³-hybridized carbons (Fsp3) is 0.318. The van der Waals surface area contributed by atoms with Gasteiger partial charge >= 0.3 is 5.97 Å². The molecule has 2 amide bonds. The summed E-state index contributed by atoms with van der Waals surface area (Å²) in [4.78, 5) is 37.0. The number of hydrogen-bond donors (Lipinski definition) is 2. The number of ether oxygens (including phenoxy) is 3. The number of methoxy groups -OCH3 is 2. The maximum atomic E-state index is 13.0. The Bertz CT molecular complexity index is 930. The van der Waals surface area contributed by atoms with E-state index in [2.05, 4.69) is 10.6 Å². The largest absolute Gasteiger partial charge is 0.497 e. The molecule has 2 rings (SSSR count). The van der Waals surface area contributed by atoms with Crippen LogP contribution in [0.15, 0.2) is 42.5 Å². The van der Waals surface area contributed by atoms with Gasteiger partial charge in [0, 0.05) is 11.6 Å². The Labute approximate surface area is 179 Å². The number of rotatable bonds is 9. The molecule has 1 atom stereocenters. The average Bonchev–Trinajstić information content (AvgIpc) is 2.75. The highest BCUT2D eigenvalue weighted by Gasteiger charge is 2.27. The zero-order chi connectivity index (χ0) is 23.0. The van der Waals surface area contributed by atoms with Gasteiger partial charge in [-0.15, -0.1) is 0 Å². The number of hydrogen-bond acceptors (Lipinski definition) is 6. The van der Waals surface area contributed by atoms with Gasteiger partial charge in [-0.05, 0) is 42.3 Å². The SMILES string of the molecule is COc1ccc(OC)c(NC(=O)COC(=O)[C@@H](NC(=O)c2ccc(F)cc2)C(C)C)c1. The van der Waals surface area contributed by atoms with Crippen molar-refractivity contribution in [3.8, 4) is 11.5 Å². The van der Waals surface area contributed by atoms with E-state index in [-0.39, 0.29) is 11.5 Å². The molecule has 0 aromatic heterocycles. The molecule has 166 valence electrons. The van der Waals surface area contributed by atoms with Crippen LogP contribution in [0.3, 0.4) is 0 Å². The van der Waals surface area contributed by atoms with E-state index in [0.29, 0.717) is 17.2 Å². The number of carbonyl (C=O) groups is 3. The Morgan fingerprint density at radius 2 is 1.68 bits per heavy atom. The Balaban J connectivity index is 1.97. The summed E-state index contributed by atoms with van der Waals surface area (Å²) in [5, 5.41) is 5.14. The van der Waals surface area contributed by atoms with Crippen molar-refractivity contribution in [3.05, 3.63) is 53.8 Å². The van der Waals surface area contributed by atoms with E-state index in [1.165, 1.54) is 26.4 Å². The zero-order valence-corrected chi connectivity index (χ0v) is 17.7. The number of benzene rings is 2. The molecule has 0 saturated carbocycles. The van der Waals surface area contributed by atoms with Gasteiger partial charge in [0.2, 0.25) is 0 Å². The maximum Gasteiger partial charge on any atom is 0.329 e. The van der Waals surface area contributed by atoms with Crippen LogP contribution in [0.1, 0.15) is 24.2 Å². The molecule has 0 bridgehead atoms. The summed E-state index contributed by atoms with van der Waals surface area (Å²) < 4.78 is 28.4. The number of esters is 1. The van der Waals surface area contributed by atoms with Crippen molar-refractivity contribution in [2.24, 2.45) is 5.92 Å². The number of nitrogens with one attached hydrogen (secondary N) is 2. The van der Waals surface area contributed by atoms with E-state index in [1.807, 2.05) is 0 Å². The van der Waals surface area contributed by atoms with Crippen LogP contribution in [0.4, 0.5) is 10.1 Å². The van der Waals surface area contributed by atoms with Gasteiger partial charge in [0.05, 0.1) is 19.9 Å².